The summed E-state index contributed by atoms with van der Waals surface area (Å²) >= 11 is 0. The molecule has 4 nitrogen and oxygen atoms in total. The first-order chi connectivity index (χ1) is 10.8. The van der Waals surface area contributed by atoms with E-state index in [0.717, 1.165) is 6.04 Å². The number of hydrogen-bond acceptors (Lipinski definition) is 4. The molecular weight excluding hydrogens is 284 g/mol. The molecule has 0 aromatic rings. The van der Waals surface area contributed by atoms with Gasteiger partial charge in [-0.2, -0.15) is 0 Å². The van der Waals surface area contributed by atoms with Crippen LogP contribution in [0.2, 0.25) is 0 Å². The lowest BCUT2D eigenvalue weighted by atomic mass is 10.1. The van der Waals surface area contributed by atoms with Crippen molar-refractivity contribution in [3.8, 4) is 0 Å². The summed E-state index contributed by atoms with van der Waals surface area (Å²) in [7, 11) is 6.77. The van der Waals surface area contributed by atoms with Gasteiger partial charge < -0.3 is 14.7 Å². The van der Waals surface area contributed by atoms with Crippen molar-refractivity contribution in [1.29, 1.82) is 0 Å². The van der Waals surface area contributed by atoms with Crippen LogP contribution >= 0.6 is 0 Å². The number of hydrogen-bond donors (Lipinski definition) is 0. The van der Waals surface area contributed by atoms with E-state index in [1.165, 1.54) is 45.7 Å². The predicted octanol–water partition coefficient (Wildman–Crippen LogP) is 2.70. The maximum absolute atomic E-state index is 2.54. The van der Waals surface area contributed by atoms with E-state index in [9.17, 15) is 0 Å². The number of rotatable bonds is 10. The van der Waals surface area contributed by atoms with Gasteiger partial charge in [0.1, 0.15) is 0 Å². The van der Waals surface area contributed by atoms with E-state index in [-0.39, 0.29) is 0 Å². The van der Waals surface area contributed by atoms with Crippen LogP contribution in [0.1, 0.15) is 48.0 Å². The highest BCUT2D eigenvalue weighted by molar-refractivity contribution is 4.86. The summed E-state index contributed by atoms with van der Waals surface area (Å²) in [5.74, 6) is 0. The molecule has 1 rings (SSSR count). The van der Waals surface area contributed by atoms with E-state index in [0.29, 0.717) is 12.1 Å². The quantitative estimate of drug-likeness (QED) is 0.611. The maximum Gasteiger partial charge on any atom is 0.0347 e. The molecule has 0 saturated carbocycles. The fourth-order valence-corrected chi connectivity index (χ4v) is 2.67. The minimum Gasteiger partial charge on any atom is -0.304 e. The molecule has 140 valence electrons. The van der Waals surface area contributed by atoms with Crippen LogP contribution in [0, 0.1) is 0 Å². The predicted molar refractivity (Wildman–Crippen MR) is 104 cm³/mol. The summed E-state index contributed by atoms with van der Waals surface area (Å²) in [4.78, 5) is 10.00. The second-order valence-electron chi connectivity index (χ2n) is 7.18. The third kappa shape index (κ3) is 8.48. The minimum absolute atomic E-state index is 0.647. The Kier molecular flexibility index (Phi) is 12.2. The van der Waals surface area contributed by atoms with Crippen molar-refractivity contribution in [1.82, 2.24) is 19.6 Å². The molecule has 0 aromatic carbocycles. The Labute approximate surface area is 146 Å². The number of likely N-dealkylation sites (tertiary alicyclic amines) is 1. The average Bonchev–Trinajstić information content (AvgIpc) is 2.50. The molecule has 1 atom stereocenters. The van der Waals surface area contributed by atoms with Gasteiger partial charge >= 0.3 is 0 Å². The summed E-state index contributed by atoms with van der Waals surface area (Å²) in [6.45, 7) is 20.4. The number of nitrogens with zero attached hydrogens (tertiary/aromatic N) is 4. The van der Waals surface area contributed by atoms with Crippen LogP contribution in [0.5, 0.6) is 0 Å². The first-order valence-corrected chi connectivity index (χ1v) is 9.68. The molecule has 0 amide bonds. The van der Waals surface area contributed by atoms with E-state index in [4.69, 9.17) is 0 Å². The Morgan fingerprint density at radius 3 is 1.96 bits per heavy atom. The SMILES string of the molecule is CC.CCN1CC(N(C)CCN(C)C(C)CCN(C)C(C)C)C1. The lowest BCUT2D eigenvalue weighted by Crippen LogP contribution is -2.58. The van der Waals surface area contributed by atoms with Crippen LogP contribution in [-0.2, 0) is 0 Å². The van der Waals surface area contributed by atoms with E-state index in [1.54, 1.807) is 0 Å². The molecule has 0 radical (unpaired) electrons. The molecular formula is C19H44N4. The van der Waals surface area contributed by atoms with Crippen molar-refractivity contribution in [2.75, 3.05) is 60.4 Å². The third-order valence-electron chi connectivity index (χ3n) is 5.35. The standard InChI is InChI=1S/C17H38N4.C2H6/c1-8-21-13-17(14-21)20(7)12-11-19(6)16(4)9-10-18(5)15(2)3;1-2/h15-17H,8-14H2,1-7H3;1-2H3. The Bertz CT molecular complexity index is 277. The summed E-state index contributed by atoms with van der Waals surface area (Å²) in [5.41, 5.74) is 0. The van der Waals surface area contributed by atoms with Crippen molar-refractivity contribution in [2.24, 2.45) is 0 Å². The zero-order valence-electron chi connectivity index (χ0n) is 17.5. The molecule has 0 bridgehead atoms. The Morgan fingerprint density at radius 2 is 1.48 bits per heavy atom. The van der Waals surface area contributed by atoms with Crippen LogP contribution in [0.25, 0.3) is 0 Å². The van der Waals surface area contributed by atoms with Gasteiger partial charge in [0, 0.05) is 44.3 Å². The summed E-state index contributed by atoms with van der Waals surface area (Å²) in [6, 6.07) is 2.09. The van der Waals surface area contributed by atoms with Gasteiger partial charge in [-0.25, -0.2) is 0 Å². The second kappa shape index (κ2) is 12.2. The van der Waals surface area contributed by atoms with Crippen LogP contribution < -0.4 is 0 Å². The molecule has 4 heteroatoms. The fraction of sp³-hybridized carbons (Fsp3) is 1.00. The molecule has 1 aliphatic heterocycles. The molecule has 1 aliphatic rings. The first-order valence-electron chi connectivity index (χ1n) is 9.68. The molecule has 1 saturated heterocycles. The van der Waals surface area contributed by atoms with Crippen molar-refractivity contribution in [3.63, 3.8) is 0 Å². The van der Waals surface area contributed by atoms with Gasteiger partial charge in [0.25, 0.3) is 0 Å². The Balaban J connectivity index is 0.00000232. The van der Waals surface area contributed by atoms with Crippen LogP contribution in [0.4, 0.5) is 0 Å². The van der Waals surface area contributed by atoms with Gasteiger partial charge in [0.15, 0.2) is 0 Å². The van der Waals surface area contributed by atoms with Crippen molar-refractivity contribution < 1.29 is 0 Å². The van der Waals surface area contributed by atoms with E-state index >= 15 is 0 Å². The first kappa shape index (κ1) is 22.8. The lowest BCUT2D eigenvalue weighted by Gasteiger charge is -2.44. The van der Waals surface area contributed by atoms with Crippen molar-refractivity contribution >= 4 is 0 Å². The smallest absolute Gasteiger partial charge is 0.0347 e. The molecule has 1 unspecified atom stereocenters. The average molecular weight is 329 g/mol. The lowest BCUT2D eigenvalue weighted by molar-refractivity contribution is 0.0467. The van der Waals surface area contributed by atoms with Gasteiger partial charge in [-0.05, 0) is 61.4 Å². The van der Waals surface area contributed by atoms with Crippen LogP contribution in [0.3, 0.4) is 0 Å². The highest BCUT2D eigenvalue weighted by Gasteiger charge is 2.28. The van der Waals surface area contributed by atoms with Gasteiger partial charge in [0.05, 0.1) is 0 Å². The third-order valence-corrected chi connectivity index (χ3v) is 5.35. The van der Waals surface area contributed by atoms with Crippen LogP contribution in [-0.4, -0.2) is 98.1 Å². The van der Waals surface area contributed by atoms with Gasteiger partial charge in [-0.15, -0.1) is 0 Å². The van der Waals surface area contributed by atoms with Gasteiger partial charge in [0.2, 0.25) is 0 Å². The maximum atomic E-state index is 2.54. The molecule has 0 aliphatic carbocycles. The zero-order valence-corrected chi connectivity index (χ0v) is 17.5. The highest BCUT2D eigenvalue weighted by Crippen LogP contribution is 2.13. The molecule has 1 fully saturated rings. The zero-order chi connectivity index (χ0) is 18.0. The molecule has 0 spiro atoms. The fourth-order valence-electron chi connectivity index (χ4n) is 2.67. The highest BCUT2D eigenvalue weighted by atomic mass is 15.3. The molecule has 0 N–H and O–H groups in total. The van der Waals surface area contributed by atoms with Crippen molar-refractivity contribution in [3.05, 3.63) is 0 Å². The monoisotopic (exact) mass is 328 g/mol. The van der Waals surface area contributed by atoms with Gasteiger partial charge in [-0.3, -0.25) is 4.90 Å². The molecule has 0 aromatic heterocycles. The van der Waals surface area contributed by atoms with Gasteiger partial charge in [-0.1, -0.05) is 20.8 Å². The number of likely N-dealkylation sites (N-methyl/N-ethyl adjacent to an activating group) is 3. The normalized spacial score (nSPS) is 17.6. The molecule has 1 heterocycles. The van der Waals surface area contributed by atoms with E-state index in [2.05, 4.69) is 68.4 Å². The van der Waals surface area contributed by atoms with E-state index in [1.807, 2.05) is 13.8 Å². The summed E-state index contributed by atoms with van der Waals surface area (Å²) < 4.78 is 0. The largest absolute Gasteiger partial charge is 0.304 e. The Hall–Kier alpha value is -0.160. The Morgan fingerprint density at radius 1 is 0.913 bits per heavy atom. The summed E-state index contributed by atoms with van der Waals surface area (Å²) in [6.07, 6.45) is 1.25. The molecule has 23 heavy (non-hydrogen) atoms. The summed E-state index contributed by atoms with van der Waals surface area (Å²) in [5, 5.41) is 0. The minimum atomic E-state index is 0.647. The van der Waals surface area contributed by atoms with Crippen molar-refractivity contribution in [2.45, 2.75) is 66.1 Å². The van der Waals surface area contributed by atoms with E-state index < -0.39 is 0 Å². The van der Waals surface area contributed by atoms with Crippen LogP contribution in [0.15, 0.2) is 0 Å². The topological polar surface area (TPSA) is 13.0 Å². The second-order valence-corrected chi connectivity index (χ2v) is 7.18.